The molecular weight excluding hydrogens is 234 g/mol. The van der Waals surface area contributed by atoms with E-state index in [1.807, 2.05) is 85.9 Å². The lowest BCUT2D eigenvalue weighted by Crippen LogP contribution is -2.09. The van der Waals surface area contributed by atoms with Gasteiger partial charge in [-0.1, -0.05) is 60.7 Å². The molecule has 2 aromatic rings. The lowest BCUT2D eigenvalue weighted by molar-refractivity contribution is 0.105. The molecule has 96 valence electrons. The van der Waals surface area contributed by atoms with E-state index in [1.165, 1.54) is 0 Å². The summed E-state index contributed by atoms with van der Waals surface area (Å²) in [4.78, 5) is 14.5. The molecule has 0 aromatic heterocycles. The molecule has 19 heavy (non-hydrogen) atoms. The molecule has 0 fully saturated rings. The van der Waals surface area contributed by atoms with Crippen LogP contribution in [0, 0.1) is 0 Å². The van der Waals surface area contributed by atoms with Crippen molar-refractivity contribution in [1.82, 2.24) is 4.90 Å². The van der Waals surface area contributed by atoms with Crippen molar-refractivity contribution in [2.75, 3.05) is 14.1 Å². The van der Waals surface area contributed by atoms with E-state index in [0.29, 0.717) is 11.1 Å². The highest BCUT2D eigenvalue weighted by atomic mass is 16.1. The van der Waals surface area contributed by atoms with Gasteiger partial charge in [0.2, 0.25) is 0 Å². The predicted molar refractivity (Wildman–Crippen MR) is 78.9 cm³/mol. The van der Waals surface area contributed by atoms with Gasteiger partial charge in [0.05, 0.1) is 0 Å². The summed E-state index contributed by atoms with van der Waals surface area (Å²) in [6.07, 6.45) is 1.87. The zero-order chi connectivity index (χ0) is 13.7. The maximum Gasteiger partial charge on any atom is 0.195 e. The van der Waals surface area contributed by atoms with Gasteiger partial charge in [0.15, 0.2) is 5.78 Å². The van der Waals surface area contributed by atoms with Crippen LogP contribution in [-0.2, 0) is 0 Å². The molecule has 0 saturated heterocycles. The number of allylic oxidation sites excluding steroid dienone is 1. The molecule has 0 bridgehead atoms. The Balaban J connectivity index is 2.43. The fourth-order valence-corrected chi connectivity index (χ4v) is 1.89. The smallest absolute Gasteiger partial charge is 0.195 e. The Hall–Kier alpha value is -2.35. The van der Waals surface area contributed by atoms with E-state index in [0.717, 1.165) is 5.56 Å². The summed E-state index contributed by atoms with van der Waals surface area (Å²) in [6.45, 7) is 0. The number of nitrogens with zero attached hydrogens (tertiary/aromatic N) is 1. The Morgan fingerprint density at radius 1 is 0.842 bits per heavy atom. The number of rotatable bonds is 4. The number of Topliss-reactive ketones (excluding diaryl/α,β-unsaturated/α-hetero) is 1. The highest BCUT2D eigenvalue weighted by Crippen LogP contribution is 2.20. The molecular formula is C17H17NO. The van der Waals surface area contributed by atoms with E-state index >= 15 is 0 Å². The minimum Gasteiger partial charge on any atom is -0.383 e. The van der Waals surface area contributed by atoms with Gasteiger partial charge in [0.1, 0.15) is 0 Å². The molecule has 0 unspecified atom stereocenters. The first-order chi connectivity index (χ1) is 9.18. The maximum atomic E-state index is 12.6. The van der Waals surface area contributed by atoms with E-state index < -0.39 is 0 Å². The van der Waals surface area contributed by atoms with Gasteiger partial charge in [-0.3, -0.25) is 4.79 Å². The number of carbonyl (C=O) groups excluding carboxylic acids is 1. The Bertz CT molecular complexity index is 571. The van der Waals surface area contributed by atoms with Crippen molar-refractivity contribution in [3.05, 3.63) is 78.0 Å². The van der Waals surface area contributed by atoms with Crippen LogP contribution in [0.15, 0.2) is 66.9 Å². The van der Waals surface area contributed by atoms with Crippen LogP contribution in [0.5, 0.6) is 0 Å². The molecule has 0 aliphatic rings. The quantitative estimate of drug-likeness (QED) is 0.612. The number of hydrogen-bond donors (Lipinski definition) is 0. The van der Waals surface area contributed by atoms with E-state index in [4.69, 9.17) is 0 Å². The normalized spacial score (nSPS) is 11.2. The third-order valence-corrected chi connectivity index (χ3v) is 2.75. The van der Waals surface area contributed by atoms with Crippen molar-refractivity contribution in [2.24, 2.45) is 0 Å². The van der Waals surface area contributed by atoms with E-state index in [-0.39, 0.29) is 5.78 Å². The van der Waals surface area contributed by atoms with Gasteiger partial charge in [-0.05, 0) is 5.56 Å². The average Bonchev–Trinajstić information content (AvgIpc) is 2.46. The fraction of sp³-hybridized carbons (Fsp3) is 0.118. The number of benzene rings is 2. The second-order valence-corrected chi connectivity index (χ2v) is 4.57. The van der Waals surface area contributed by atoms with Crippen LogP contribution in [0.25, 0.3) is 5.57 Å². The highest BCUT2D eigenvalue weighted by Gasteiger charge is 2.14. The summed E-state index contributed by atoms with van der Waals surface area (Å²) in [7, 11) is 3.84. The Morgan fingerprint density at radius 3 is 1.79 bits per heavy atom. The second-order valence-electron chi connectivity index (χ2n) is 4.57. The molecule has 2 heteroatoms. The molecule has 0 saturated carbocycles. The van der Waals surface area contributed by atoms with Crippen LogP contribution in [0.1, 0.15) is 15.9 Å². The van der Waals surface area contributed by atoms with Gasteiger partial charge in [0.25, 0.3) is 0 Å². The molecule has 2 aromatic carbocycles. The van der Waals surface area contributed by atoms with E-state index in [1.54, 1.807) is 0 Å². The van der Waals surface area contributed by atoms with Gasteiger partial charge in [0, 0.05) is 31.4 Å². The minimum atomic E-state index is 0.0421. The van der Waals surface area contributed by atoms with Crippen LogP contribution in [0.4, 0.5) is 0 Å². The third kappa shape index (κ3) is 3.32. The third-order valence-electron chi connectivity index (χ3n) is 2.75. The topological polar surface area (TPSA) is 20.3 Å². The van der Waals surface area contributed by atoms with Crippen LogP contribution in [0.2, 0.25) is 0 Å². The molecule has 0 atom stereocenters. The summed E-state index contributed by atoms with van der Waals surface area (Å²) in [6, 6.07) is 19.1. The van der Waals surface area contributed by atoms with Crippen molar-refractivity contribution in [3.8, 4) is 0 Å². The van der Waals surface area contributed by atoms with Crippen molar-refractivity contribution < 1.29 is 4.79 Å². The number of ketones is 1. The van der Waals surface area contributed by atoms with Crippen LogP contribution in [-0.4, -0.2) is 24.8 Å². The molecule has 0 aliphatic carbocycles. The summed E-state index contributed by atoms with van der Waals surface area (Å²) in [5.41, 5.74) is 2.35. The summed E-state index contributed by atoms with van der Waals surface area (Å²) >= 11 is 0. The zero-order valence-corrected chi connectivity index (χ0v) is 11.2. The second kappa shape index (κ2) is 6.01. The largest absolute Gasteiger partial charge is 0.383 e. The van der Waals surface area contributed by atoms with Gasteiger partial charge < -0.3 is 4.90 Å². The average molecular weight is 251 g/mol. The van der Waals surface area contributed by atoms with Gasteiger partial charge >= 0.3 is 0 Å². The van der Waals surface area contributed by atoms with Gasteiger partial charge in [-0.25, -0.2) is 0 Å². The molecule has 0 aliphatic heterocycles. The van der Waals surface area contributed by atoms with Crippen molar-refractivity contribution in [1.29, 1.82) is 0 Å². The summed E-state index contributed by atoms with van der Waals surface area (Å²) in [5.74, 6) is 0.0421. The van der Waals surface area contributed by atoms with Gasteiger partial charge in [-0.2, -0.15) is 0 Å². The zero-order valence-electron chi connectivity index (χ0n) is 11.2. The summed E-state index contributed by atoms with van der Waals surface area (Å²) < 4.78 is 0. The Kier molecular flexibility index (Phi) is 4.14. The molecule has 0 heterocycles. The number of hydrogen-bond acceptors (Lipinski definition) is 2. The van der Waals surface area contributed by atoms with Crippen molar-refractivity contribution >= 4 is 11.4 Å². The first kappa shape index (κ1) is 13.1. The molecule has 0 spiro atoms. The van der Waals surface area contributed by atoms with E-state index in [2.05, 4.69) is 0 Å². The van der Waals surface area contributed by atoms with Crippen molar-refractivity contribution in [3.63, 3.8) is 0 Å². The number of carbonyl (C=O) groups is 1. The SMILES string of the molecule is CN(C)/C=C(/C(=O)c1ccccc1)c1ccccc1. The van der Waals surface area contributed by atoms with Crippen LogP contribution in [0.3, 0.4) is 0 Å². The van der Waals surface area contributed by atoms with Gasteiger partial charge in [-0.15, -0.1) is 0 Å². The van der Waals surface area contributed by atoms with Crippen LogP contribution >= 0.6 is 0 Å². The van der Waals surface area contributed by atoms with Crippen molar-refractivity contribution in [2.45, 2.75) is 0 Å². The standard InChI is InChI=1S/C17H17NO/c1-18(2)13-16(14-9-5-3-6-10-14)17(19)15-11-7-4-8-12-15/h3-13H,1-2H3/b16-13+. The lowest BCUT2D eigenvalue weighted by Gasteiger charge is -2.11. The summed E-state index contributed by atoms with van der Waals surface area (Å²) in [5, 5.41) is 0. The monoisotopic (exact) mass is 251 g/mol. The minimum absolute atomic E-state index is 0.0421. The Labute approximate surface area is 114 Å². The molecule has 2 nitrogen and oxygen atoms in total. The molecule has 2 rings (SSSR count). The fourth-order valence-electron chi connectivity index (χ4n) is 1.89. The highest BCUT2D eigenvalue weighted by molar-refractivity contribution is 6.28. The lowest BCUT2D eigenvalue weighted by atomic mass is 9.97. The van der Waals surface area contributed by atoms with Crippen LogP contribution < -0.4 is 0 Å². The van der Waals surface area contributed by atoms with E-state index in [9.17, 15) is 4.79 Å². The first-order valence-corrected chi connectivity index (χ1v) is 6.22. The first-order valence-electron chi connectivity index (χ1n) is 6.22. The Morgan fingerprint density at radius 2 is 1.32 bits per heavy atom. The molecule has 0 N–H and O–H groups in total. The predicted octanol–water partition coefficient (Wildman–Crippen LogP) is 3.47. The maximum absolute atomic E-state index is 12.6. The molecule has 0 amide bonds. The molecule has 0 radical (unpaired) electrons.